The molecular weight excluding hydrogens is 522 g/mol. The minimum atomic E-state index is -4.25. The van der Waals surface area contributed by atoms with Gasteiger partial charge >= 0.3 is 0 Å². The quantitative estimate of drug-likeness (QED) is 0.275. The van der Waals surface area contributed by atoms with Crippen LogP contribution in [0.5, 0.6) is 11.6 Å². The third kappa shape index (κ3) is 6.63. The second-order valence-corrected chi connectivity index (χ2v) is 12.2. The van der Waals surface area contributed by atoms with Crippen LogP contribution in [0.3, 0.4) is 0 Å². The van der Waals surface area contributed by atoms with E-state index in [0.717, 1.165) is 29.7 Å². The molecule has 0 radical (unpaired) electrons. The summed E-state index contributed by atoms with van der Waals surface area (Å²) in [6.45, 7) is 14.3. The lowest BCUT2D eigenvalue weighted by Crippen LogP contribution is -2.40. The van der Waals surface area contributed by atoms with E-state index in [1.54, 1.807) is 27.7 Å². The van der Waals surface area contributed by atoms with Crippen LogP contribution in [0, 0.1) is 30.9 Å². The fourth-order valence-electron chi connectivity index (χ4n) is 3.81. The second kappa shape index (κ2) is 11.1. The number of nitrogens with one attached hydrogen (secondary N) is 2. The average Bonchev–Trinajstić information content (AvgIpc) is 3.15. The summed E-state index contributed by atoms with van der Waals surface area (Å²) >= 11 is 0. The molecule has 210 valence electrons. The van der Waals surface area contributed by atoms with Crippen LogP contribution in [-0.2, 0) is 10.0 Å². The lowest BCUT2D eigenvalue weighted by molar-refractivity contribution is -0.385. The maximum absolute atomic E-state index is 13.3. The van der Waals surface area contributed by atoms with Crippen molar-refractivity contribution in [2.24, 2.45) is 0 Å². The van der Waals surface area contributed by atoms with Gasteiger partial charge in [-0.15, -0.1) is 0 Å². The van der Waals surface area contributed by atoms with Gasteiger partial charge in [0.15, 0.2) is 5.69 Å². The van der Waals surface area contributed by atoms with E-state index in [1.165, 1.54) is 10.7 Å². The van der Waals surface area contributed by atoms with E-state index < -0.39 is 37.0 Å². The number of aryl methyl sites for hydroxylation is 1. The highest BCUT2D eigenvalue weighted by molar-refractivity contribution is 7.89. The number of hydrogen-bond acceptors (Lipinski definition) is 7. The molecule has 1 atom stereocenters. The summed E-state index contributed by atoms with van der Waals surface area (Å²) in [6.07, 6.45) is 0.719. The number of rotatable bonds is 9. The molecule has 1 amide bonds. The van der Waals surface area contributed by atoms with Gasteiger partial charge in [0.2, 0.25) is 15.9 Å². The molecule has 0 aliphatic rings. The molecule has 0 saturated heterocycles. The van der Waals surface area contributed by atoms with Gasteiger partial charge < -0.3 is 10.1 Å². The largest absolute Gasteiger partial charge is 0.437 e. The number of aromatic nitrogens is 2. The van der Waals surface area contributed by atoms with Gasteiger partial charge in [0.1, 0.15) is 10.6 Å². The van der Waals surface area contributed by atoms with Crippen LogP contribution < -0.4 is 14.8 Å². The molecule has 0 saturated carbocycles. The third-order valence-corrected chi connectivity index (χ3v) is 7.93. The molecule has 0 fully saturated rings. The number of nitro benzene ring substituents is 1. The Balaban J connectivity index is 2.26. The molecular formula is C27H35N5O6S. The molecule has 1 heterocycles. The van der Waals surface area contributed by atoms with Crippen molar-refractivity contribution in [2.45, 2.75) is 78.3 Å². The van der Waals surface area contributed by atoms with E-state index in [1.807, 2.05) is 45.9 Å². The first-order valence-electron chi connectivity index (χ1n) is 12.5. The van der Waals surface area contributed by atoms with E-state index in [4.69, 9.17) is 4.74 Å². The number of nitro groups is 1. The SMILES string of the molecule is CC[C@H](C)NC(=O)c1nn(-c2cccc(C)c2C)c(Oc2ccc([N+](=O)[O-])cc2S(=O)(=O)NC(C)(C)C)c1C. The van der Waals surface area contributed by atoms with Gasteiger partial charge in [-0.1, -0.05) is 19.1 Å². The summed E-state index contributed by atoms with van der Waals surface area (Å²) in [6, 6.07) is 8.84. The Morgan fingerprint density at radius 3 is 2.41 bits per heavy atom. The van der Waals surface area contributed by atoms with Crippen molar-refractivity contribution in [2.75, 3.05) is 0 Å². The molecule has 3 rings (SSSR count). The van der Waals surface area contributed by atoms with E-state index in [2.05, 4.69) is 15.1 Å². The molecule has 0 bridgehead atoms. The van der Waals surface area contributed by atoms with E-state index in [-0.39, 0.29) is 23.4 Å². The Bertz CT molecular complexity index is 1520. The standard InChI is InChI=1S/C27H35N5O6S/c1-9-17(3)28-25(33)24-19(5)26(31(29-24)21-12-10-11-16(2)18(21)4)38-22-14-13-20(32(34)35)15-23(22)39(36,37)30-27(6,7)8/h10-15,17,30H,9H2,1-8H3,(H,28,33)/t17-/m0/s1. The fraction of sp³-hybridized carbons (Fsp3) is 0.407. The van der Waals surface area contributed by atoms with Crippen LogP contribution in [-0.4, -0.2) is 40.6 Å². The van der Waals surface area contributed by atoms with Crippen molar-refractivity contribution in [3.63, 3.8) is 0 Å². The van der Waals surface area contributed by atoms with Crippen molar-refractivity contribution in [3.8, 4) is 17.3 Å². The summed E-state index contributed by atoms with van der Waals surface area (Å²) < 4.78 is 36.8. The molecule has 11 nitrogen and oxygen atoms in total. The number of ether oxygens (including phenoxy) is 1. The smallest absolute Gasteiger partial charge is 0.272 e. The van der Waals surface area contributed by atoms with Crippen LogP contribution in [0.1, 0.15) is 68.2 Å². The predicted molar refractivity (Wildman–Crippen MR) is 148 cm³/mol. The van der Waals surface area contributed by atoms with Crippen LogP contribution >= 0.6 is 0 Å². The summed E-state index contributed by atoms with van der Waals surface area (Å²) in [5, 5.41) is 18.9. The summed E-state index contributed by atoms with van der Waals surface area (Å²) in [4.78, 5) is 23.5. The molecule has 0 aliphatic carbocycles. The number of amides is 1. The molecule has 39 heavy (non-hydrogen) atoms. The highest BCUT2D eigenvalue weighted by atomic mass is 32.2. The number of nitrogens with zero attached hydrogens (tertiary/aromatic N) is 3. The second-order valence-electron chi connectivity index (χ2n) is 10.5. The lowest BCUT2D eigenvalue weighted by atomic mass is 10.1. The molecule has 0 spiro atoms. The topological polar surface area (TPSA) is 145 Å². The molecule has 0 unspecified atom stereocenters. The van der Waals surface area contributed by atoms with Crippen molar-refractivity contribution in [3.05, 3.63) is 68.9 Å². The minimum Gasteiger partial charge on any atom is -0.437 e. The highest BCUT2D eigenvalue weighted by Crippen LogP contribution is 2.36. The third-order valence-electron chi connectivity index (χ3n) is 6.15. The van der Waals surface area contributed by atoms with Gasteiger partial charge in [-0.25, -0.2) is 13.1 Å². The first-order valence-corrected chi connectivity index (χ1v) is 14.0. The maximum Gasteiger partial charge on any atom is 0.272 e. The number of carbonyl (C=O) groups excluding carboxylic acids is 1. The van der Waals surface area contributed by atoms with E-state index in [9.17, 15) is 23.3 Å². The van der Waals surface area contributed by atoms with Crippen LogP contribution in [0.15, 0.2) is 41.3 Å². The fourth-order valence-corrected chi connectivity index (χ4v) is 5.37. The molecule has 1 aromatic heterocycles. The molecule has 12 heteroatoms. The lowest BCUT2D eigenvalue weighted by Gasteiger charge is -2.21. The van der Waals surface area contributed by atoms with Crippen LogP contribution in [0.25, 0.3) is 5.69 Å². The summed E-state index contributed by atoms with van der Waals surface area (Å²) in [7, 11) is -4.25. The molecule has 2 aromatic carbocycles. The van der Waals surface area contributed by atoms with Crippen molar-refractivity contribution in [1.29, 1.82) is 0 Å². The van der Waals surface area contributed by atoms with Gasteiger partial charge in [-0.2, -0.15) is 9.78 Å². The number of carbonyl (C=O) groups is 1. The van der Waals surface area contributed by atoms with Gasteiger partial charge in [0, 0.05) is 29.3 Å². The Kier molecular flexibility index (Phi) is 8.51. The van der Waals surface area contributed by atoms with Crippen molar-refractivity contribution < 1.29 is 22.9 Å². The Morgan fingerprint density at radius 2 is 1.82 bits per heavy atom. The van der Waals surface area contributed by atoms with Crippen molar-refractivity contribution in [1.82, 2.24) is 19.8 Å². The summed E-state index contributed by atoms with van der Waals surface area (Å²) in [5.74, 6) is -0.443. The first kappa shape index (κ1) is 29.8. The Labute approximate surface area is 228 Å². The highest BCUT2D eigenvalue weighted by Gasteiger charge is 2.30. The predicted octanol–water partition coefficient (Wildman–Crippen LogP) is 5.10. The zero-order chi connectivity index (χ0) is 29.3. The van der Waals surface area contributed by atoms with Crippen LogP contribution in [0.2, 0.25) is 0 Å². The molecule has 3 aromatic rings. The van der Waals surface area contributed by atoms with E-state index >= 15 is 0 Å². The van der Waals surface area contributed by atoms with Gasteiger partial charge in [-0.05, 0) is 78.1 Å². The zero-order valence-corrected chi connectivity index (χ0v) is 24.3. The number of non-ortho nitro benzene ring substituents is 1. The van der Waals surface area contributed by atoms with Crippen molar-refractivity contribution >= 4 is 21.6 Å². The van der Waals surface area contributed by atoms with Gasteiger partial charge in [-0.3, -0.25) is 14.9 Å². The van der Waals surface area contributed by atoms with Gasteiger partial charge in [0.05, 0.1) is 10.6 Å². The molecule has 0 aliphatic heterocycles. The Hall–Kier alpha value is -3.77. The first-order chi connectivity index (χ1) is 18.1. The van der Waals surface area contributed by atoms with Crippen LogP contribution in [0.4, 0.5) is 5.69 Å². The zero-order valence-electron chi connectivity index (χ0n) is 23.4. The monoisotopic (exact) mass is 557 g/mol. The Morgan fingerprint density at radius 1 is 1.15 bits per heavy atom. The summed E-state index contributed by atoms with van der Waals surface area (Å²) in [5.41, 5.74) is 1.71. The molecule has 2 N–H and O–H groups in total. The van der Waals surface area contributed by atoms with Gasteiger partial charge in [0.25, 0.3) is 11.6 Å². The minimum absolute atomic E-state index is 0.0954. The number of benzene rings is 2. The average molecular weight is 558 g/mol. The van der Waals surface area contributed by atoms with E-state index in [0.29, 0.717) is 11.3 Å². The maximum atomic E-state index is 13.3. The normalized spacial score (nSPS) is 12.7. The number of hydrogen-bond donors (Lipinski definition) is 2. The number of sulfonamides is 1.